The second-order valence-electron chi connectivity index (χ2n) is 4.21. The van der Waals surface area contributed by atoms with Gasteiger partial charge in [0.05, 0.1) is 16.7 Å². The molecule has 0 aromatic heterocycles. The maximum absolute atomic E-state index is 12.2. The van der Waals surface area contributed by atoms with E-state index in [9.17, 15) is 23.3 Å². The van der Waals surface area contributed by atoms with Crippen LogP contribution in [0.1, 0.15) is 13.8 Å². The van der Waals surface area contributed by atoms with E-state index in [0.29, 0.717) is 6.54 Å². The van der Waals surface area contributed by atoms with Gasteiger partial charge in [-0.2, -0.15) is 4.72 Å². The molecule has 1 atom stereocenters. The highest BCUT2D eigenvalue weighted by Crippen LogP contribution is 2.26. The van der Waals surface area contributed by atoms with Gasteiger partial charge in [-0.15, -0.1) is 0 Å². The number of non-ortho nitro benzene ring substituents is 1. The Labute approximate surface area is 121 Å². The van der Waals surface area contributed by atoms with E-state index in [2.05, 4.69) is 10.0 Å². The lowest BCUT2D eigenvalue weighted by atomic mass is 10.3. The molecule has 4 N–H and O–H groups in total. The molecule has 1 aromatic rings. The Morgan fingerprint density at radius 2 is 2.10 bits per heavy atom. The van der Waals surface area contributed by atoms with Crippen molar-refractivity contribution in [2.45, 2.75) is 24.8 Å². The topological polar surface area (TPSA) is 144 Å². The Balaban J connectivity index is 3.27. The molecule has 0 heterocycles. The first-order chi connectivity index (χ1) is 9.69. The first-order valence-corrected chi connectivity index (χ1v) is 7.51. The van der Waals surface area contributed by atoms with Gasteiger partial charge >= 0.3 is 0 Å². The molecule has 116 valence electrons. The first-order valence-electron chi connectivity index (χ1n) is 6.03. The maximum Gasteiger partial charge on any atom is 0.271 e. The number of nitro groups is 1. The second-order valence-corrected chi connectivity index (χ2v) is 5.90. The molecular weight excluding hydrogens is 300 g/mol. The molecule has 0 bridgehead atoms. The van der Waals surface area contributed by atoms with Crippen molar-refractivity contribution in [2.24, 2.45) is 5.73 Å². The Morgan fingerprint density at radius 1 is 1.48 bits per heavy atom. The Kier molecular flexibility index (Phi) is 5.22. The number of nitrogens with zero attached hydrogens (tertiary/aromatic N) is 1. The fourth-order valence-corrected chi connectivity index (χ4v) is 2.93. The lowest BCUT2D eigenvalue weighted by Gasteiger charge is -2.14. The average molecular weight is 316 g/mol. The summed E-state index contributed by atoms with van der Waals surface area (Å²) in [7, 11) is -4.04. The van der Waals surface area contributed by atoms with Gasteiger partial charge in [0.1, 0.15) is 4.90 Å². The van der Waals surface area contributed by atoms with Crippen LogP contribution in [-0.4, -0.2) is 31.8 Å². The highest BCUT2D eigenvalue weighted by molar-refractivity contribution is 7.89. The van der Waals surface area contributed by atoms with Gasteiger partial charge in [0.25, 0.3) is 5.69 Å². The second kappa shape index (κ2) is 6.50. The monoisotopic (exact) mass is 316 g/mol. The molecule has 0 saturated heterocycles. The summed E-state index contributed by atoms with van der Waals surface area (Å²) < 4.78 is 26.5. The van der Waals surface area contributed by atoms with Gasteiger partial charge in [0.15, 0.2) is 0 Å². The summed E-state index contributed by atoms with van der Waals surface area (Å²) in [4.78, 5) is 20.9. The van der Waals surface area contributed by atoms with Gasteiger partial charge in [0, 0.05) is 18.7 Å². The van der Waals surface area contributed by atoms with Gasteiger partial charge in [0.2, 0.25) is 15.9 Å². The summed E-state index contributed by atoms with van der Waals surface area (Å²) in [6, 6.07) is 2.20. The molecule has 1 aromatic carbocycles. The first kappa shape index (κ1) is 16.9. The van der Waals surface area contributed by atoms with Crippen molar-refractivity contribution in [1.29, 1.82) is 0 Å². The number of sulfonamides is 1. The highest BCUT2D eigenvalue weighted by Gasteiger charge is 2.24. The molecule has 0 aliphatic carbocycles. The Morgan fingerprint density at radius 3 is 2.57 bits per heavy atom. The quantitative estimate of drug-likeness (QED) is 0.483. The van der Waals surface area contributed by atoms with Gasteiger partial charge in [-0.05, 0) is 19.9 Å². The molecule has 0 aliphatic heterocycles. The summed E-state index contributed by atoms with van der Waals surface area (Å²) in [5.41, 5.74) is 4.85. The van der Waals surface area contributed by atoms with Crippen molar-refractivity contribution in [3.8, 4) is 0 Å². The molecular formula is C11H16N4O5S. The summed E-state index contributed by atoms with van der Waals surface area (Å²) in [5, 5.41) is 13.5. The molecule has 1 rings (SSSR count). The van der Waals surface area contributed by atoms with E-state index in [1.54, 1.807) is 6.92 Å². The van der Waals surface area contributed by atoms with E-state index < -0.39 is 26.9 Å². The number of nitrogens with two attached hydrogens (primary N) is 1. The van der Waals surface area contributed by atoms with Crippen LogP contribution in [0, 0.1) is 10.1 Å². The SMILES string of the molecule is CCNc1cc([N+](=O)[O-])ccc1S(=O)(=O)NC(C)C(N)=O. The third-order valence-corrected chi connectivity index (χ3v) is 4.19. The molecule has 0 saturated carbocycles. The molecule has 21 heavy (non-hydrogen) atoms. The fourth-order valence-electron chi connectivity index (χ4n) is 1.55. The van der Waals surface area contributed by atoms with E-state index in [4.69, 9.17) is 5.73 Å². The number of rotatable bonds is 7. The Bertz CT molecular complexity index is 659. The minimum Gasteiger partial charge on any atom is -0.384 e. The normalized spacial score (nSPS) is 12.7. The molecule has 0 aliphatic rings. The van der Waals surface area contributed by atoms with Gasteiger partial charge in [-0.1, -0.05) is 0 Å². The summed E-state index contributed by atoms with van der Waals surface area (Å²) in [6.07, 6.45) is 0. The molecule has 0 radical (unpaired) electrons. The van der Waals surface area contributed by atoms with Crippen LogP contribution in [0.15, 0.2) is 23.1 Å². The lowest BCUT2D eigenvalue weighted by Crippen LogP contribution is -2.42. The minimum atomic E-state index is -4.04. The zero-order chi connectivity index (χ0) is 16.2. The van der Waals surface area contributed by atoms with Crippen molar-refractivity contribution in [2.75, 3.05) is 11.9 Å². The third kappa shape index (κ3) is 4.13. The summed E-state index contributed by atoms with van der Waals surface area (Å²) in [6.45, 7) is 3.39. The zero-order valence-electron chi connectivity index (χ0n) is 11.5. The van der Waals surface area contributed by atoms with Crippen LogP contribution >= 0.6 is 0 Å². The van der Waals surface area contributed by atoms with Crippen LogP contribution in [0.5, 0.6) is 0 Å². The predicted molar refractivity (Wildman–Crippen MR) is 76.2 cm³/mol. The number of anilines is 1. The number of primary amides is 1. The molecule has 0 spiro atoms. The van der Waals surface area contributed by atoms with E-state index in [-0.39, 0.29) is 16.3 Å². The number of carbonyl (C=O) groups excluding carboxylic acids is 1. The number of benzene rings is 1. The number of hydrogen-bond acceptors (Lipinski definition) is 6. The smallest absolute Gasteiger partial charge is 0.271 e. The van der Waals surface area contributed by atoms with Crippen molar-refractivity contribution < 1.29 is 18.1 Å². The van der Waals surface area contributed by atoms with Crippen LogP contribution in [-0.2, 0) is 14.8 Å². The highest BCUT2D eigenvalue weighted by atomic mass is 32.2. The zero-order valence-corrected chi connectivity index (χ0v) is 12.3. The third-order valence-electron chi connectivity index (χ3n) is 2.59. The fraction of sp³-hybridized carbons (Fsp3) is 0.364. The standard InChI is InChI=1S/C11H16N4O5S/c1-3-13-9-6-8(15(17)18)4-5-10(9)21(19,20)14-7(2)11(12)16/h4-7,13-14H,3H2,1-2H3,(H2,12,16). The summed E-state index contributed by atoms with van der Waals surface area (Å²) >= 11 is 0. The van der Waals surface area contributed by atoms with Gasteiger partial charge < -0.3 is 11.1 Å². The van der Waals surface area contributed by atoms with Gasteiger partial charge in [-0.3, -0.25) is 14.9 Å². The molecule has 0 fully saturated rings. The molecule has 1 amide bonds. The van der Waals surface area contributed by atoms with Crippen LogP contribution in [0.4, 0.5) is 11.4 Å². The van der Waals surface area contributed by atoms with Crippen molar-refractivity contribution in [3.63, 3.8) is 0 Å². The van der Waals surface area contributed by atoms with E-state index in [1.807, 2.05) is 0 Å². The summed E-state index contributed by atoms with van der Waals surface area (Å²) in [5.74, 6) is -0.828. The molecule has 1 unspecified atom stereocenters. The maximum atomic E-state index is 12.2. The van der Waals surface area contributed by atoms with Crippen molar-refractivity contribution in [3.05, 3.63) is 28.3 Å². The van der Waals surface area contributed by atoms with Gasteiger partial charge in [-0.25, -0.2) is 8.42 Å². The van der Waals surface area contributed by atoms with Crippen LogP contribution in [0.25, 0.3) is 0 Å². The van der Waals surface area contributed by atoms with Crippen LogP contribution < -0.4 is 15.8 Å². The van der Waals surface area contributed by atoms with E-state index >= 15 is 0 Å². The number of nitro benzene ring substituents is 1. The van der Waals surface area contributed by atoms with Crippen molar-refractivity contribution >= 4 is 27.3 Å². The largest absolute Gasteiger partial charge is 0.384 e. The van der Waals surface area contributed by atoms with E-state index in [1.165, 1.54) is 6.92 Å². The number of amides is 1. The van der Waals surface area contributed by atoms with E-state index in [0.717, 1.165) is 18.2 Å². The van der Waals surface area contributed by atoms with Crippen LogP contribution in [0.2, 0.25) is 0 Å². The minimum absolute atomic E-state index is 0.0795. The average Bonchev–Trinajstić information content (AvgIpc) is 2.38. The number of hydrogen-bond donors (Lipinski definition) is 3. The molecule has 9 nitrogen and oxygen atoms in total. The molecule has 10 heteroatoms. The van der Waals surface area contributed by atoms with Crippen molar-refractivity contribution in [1.82, 2.24) is 4.72 Å². The number of carbonyl (C=O) groups is 1. The van der Waals surface area contributed by atoms with Crippen LogP contribution in [0.3, 0.4) is 0 Å². The number of nitrogens with one attached hydrogen (secondary N) is 2. The lowest BCUT2D eigenvalue weighted by molar-refractivity contribution is -0.384. The predicted octanol–water partition coefficient (Wildman–Crippen LogP) is 0.179. The Hall–Kier alpha value is -2.20.